The Balaban J connectivity index is 1.68. The molecule has 2 heterocycles. The molecule has 0 radical (unpaired) electrons. The van der Waals surface area contributed by atoms with E-state index in [0.717, 1.165) is 5.69 Å². The Kier molecular flexibility index (Phi) is 4.80. The van der Waals surface area contributed by atoms with E-state index < -0.39 is 4.92 Å². The molecule has 9 heteroatoms. The normalized spacial score (nSPS) is 10.1. The Hall–Kier alpha value is -2.97. The molecule has 0 aliphatic rings. The summed E-state index contributed by atoms with van der Waals surface area (Å²) in [5.74, 6) is 0. The molecule has 0 aromatic carbocycles. The molecule has 9 nitrogen and oxygen atoms in total. The Morgan fingerprint density at radius 3 is 2.90 bits per heavy atom. The number of amides is 2. The second-order valence-corrected chi connectivity index (χ2v) is 4.15. The lowest BCUT2D eigenvalue weighted by atomic mass is 10.3. The highest BCUT2D eigenvalue weighted by atomic mass is 16.6. The molecule has 110 valence electrons. The summed E-state index contributed by atoms with van der Waals surface area (Å²) >= 11 is 0. The van der Waals surface area contributed by atoms with Gasteiger partial charge in [-0.2, -0.15) is 5.10 Å². The summed E-state index contributed by atoms with van der Waals surface area (Å²) in [5, 5.41) is 19.6. The number of nitrogens with one attached hydrogen (secondary N) is 2. The van der Waals surface area contributed by atoms with Gasteiger partial charge in [0.05, 0.1) is 23.7 Å². The SMILES string of the molecule is O=C(NCCn1cc([N+](=O)[O-])cn1)NCc1ccccn1. The van der Waals surface area contributed by atoms with E-state index in [1.54, 1.807) is 12.3 Å². The van der Waals surface area contributed by atoms with Crippen molar-refractivity contribution >= 4 is 11.7 Å². The van der Waals surface area contributed by atoms with Crippen molar-refractivity contribution in [1.82, 2.24) is 25.4 Å². The average molecular weight is 290 g/mol. The number of hydrogen-bond acceptors (Lipinski definition) is 5. The van der Waals surface area contributed by atoms with Crippen molar-refractivity contribution < 1.29 is 9.72 Å². The molecule has 0 fully saturated rings. The van der Waals surface area contributed by atoms with Gasteiger partial charge < -0.3 is 10.6 Å². The summed E-state index contributed by atoms with van der Waals surface area (Å²) in [4.78, 5) is 25.6. The van der Waals surface area contributed by atoms with Gasteiger partial charge in [-0.05, 0) is 12.1 Å². The molecule has 0 bridgehead atoms. The van der Waals surface area contributed by atoms with Crippen LogP contribution in [0.15, 0.2) is 36.8 Å². The molecular formula is C12H14N6O3. The molecule has 0 aliphatic carbocycles. The van der Waals surface area contributed by atoms with E-state index in [0.29, 0.717) is 19.6 Å². The van der Waals surface area contributed by atoms with Gasteiger partial charge in [-0.25, -0.2) is 4.79 Å². The van der Waals surface area contributed by atoms with Gasteiger partial charge in [0.25, 0.3) is 0 Å². The van der Waals surface area contributed by atoms with Crippen molar-refractivity contribution in [2.24, 2.45) is 0 Å². The number of carbonyl (C=O) groups excluding carboxylic acids is 1. The molecule has 2 N–H and O–H groups in total. The topological polar surface area (TPSA) is 115 Å². The summed E-state index contributed by atoms with van der Waals surface area (Å²) in [5.41, 5.74) is 0.685. The zero-order chi connectivity index (χ0) is 15.1. The summed E-state index contributed by atoms with van der Waals surface area (Å²) < 4.78 is 1.40. The quantitative estimate of drug-likeness (QED) is 0.599. The molecule has 2 rings (SSSR count). The lowest BCUT2D eigenvalue weighted by Crippen LogP contribution is -2.37. The predicted octanol–water partition coefficient (Wildman–Crippen LogP) is 0.686. The number of aromatic nitrogens is 3. The largest absolute Gasteiger partial charge is 0.336 e. The van der Waals surface area contributed by atoms with Crippen LogP contribution in [0.4, 0.5) is 10.5 Å². The number of nitrogens with zero attached hydrogens (tertiary/aromatic N) is 4. The first-order valence-corrected chi connectivity index (χ1v) is 6.23. The van der Waals surface area contributed by atoms with Gasteiger partial charge in [0.2, 0.25) is 0 Å². The summed E-state index contributed by atoms with van der Waals surface area (Å²) in [7, 11) is 0. The van der Waals surface area contributed by atoms with Gasteiger partial charge in [0.15, 0.2) is 0 Å². The Morgan fingerprint density at radius 2 is 2.24 bits per heavy atom. The van der Waals surface area contributed by atoms with Crippen LogP contribution < -0.4 is 10.6 Å². The van der Waals surface area contributed by atoms with Crippen molar-refractivity contribution in [3.63, 3.8) is 0 Å². The first kappa shape index (κ1) is 14.4. The first-order chi connectivity index (χ1) is 10.1. The molecule has 2 aromatic heterocycles. The van der Waals surface area contributed by atoms with Crippen molar-refractivity contribution in [3.8, 4) is 0 Å². The van der Waals surface area contributed by atoms with Gasteiger partial charge >= 0.3 is 11.7 Å². The third-order valence-corrected chi connectivity index (χ3v) is 2.61. The monoisotopic (exact) mass is 290 g/mol. The minimum absolute atomic E-state index is 0.0744. The number of nitro groups is 1. The maximum atomic E-state index is 11.5. The average Bonchev–Trinajstić information content (AvgIpc) is 2.95. The fraction of sp³-hybridized carbons (Fsp3) is 0.250. The zero-order valence-electron chi connectivity index (χ0n) is 11.1. The van der Waals surface area contributed by atoms with Gasteiger partial charge in [0, 0.05) is 12.7 Å². The molecule has 0 unspecified atom stereocenters. The van der Waals surface area contributed by atoms with E-state index in [9.17, 15) is 14.9 Å². The summed E-state index contributed by atoms with van der Waals surface area (Å²) in [6.45, 7) is 0.998. The molecule has 0 saturated heterocycles. The number of pyridine rings is 1. The van der Waals surface area contributed by atoms with Crippen molar-refractivity contribution in [2.45, 2.75) is 13.1 Å². The smallest absolute Gasteiger partial charge is 0.315 e. The lowest BCUT2D eigenvalue weighted by Gasteiger charge is -2.07. The second-order valence-electron chi connectivity index (χ2n) is 4.15. The lowest BCUT2D eigenvalue weighted by molar-refractivity contribution is -0.385. The Morgan fingerprint density at radius 1 is 1.38 bits per heavy atom. The molecule has 0 spiro atoms. The van der Waals surface area contributed by atoms with Gasteiger partial charge in [0.1, 0.15) is 12.4 Å². The highest BCUT2D eigenvalue weighted by molar-refractivity contribution is 5.73. The maximum absolute atomic E-state index is 11.5. The fourth-order valence-electron chi connectivity index (χ4n) is 1.59. The van der Waals surface area contributed by atoms with Crippen molar-refractivity contribution in [3.05, 3.63) is 52.6 Å². The fourth-order valence-corrected chi connectivity index (χ4v) is 1.59. The summed E-state index contributed by atoms with van der Waals surface area (Å²) in [6, 6.07) is 5.12. The van der Waals surface area contributed by atoms with Crippen molar-refractivity contribution in [2.75, 3.05) is 6.54 Å². The van der Waals surface area contributed by atoms with Gasteiger partial charge in [-0.3, -0.25) is 19.8 Å². The van der Waals surface area contributed by atoms with Crippen LogP contribution in [0, 0.1) is 10.1 Å². The number of hydrogen-bond donors (Lipinski definition) is 2. The van der Waals surface area contributed by atoms with Crippen LogP contribution >= 0.6 is 0 Å². The molecule has 0 aliphatic heterocycles. The van der Waals surface area contributed by atoms with E-state index in [2.05, 4.69) is 20.7 Å². The van der Waals surface area contributed by atoms with E-state index >= 15 is 0 Å². The first-order valence-electron chi connectivity index (χ1n) is 6.23. The van der Waals surface area contributed by atoms with E-state index in [1.807, 2.05) is 12.1 Å². The van der Waals surface area contributed by atoms with Crippen LogP contribution in [0.1, 0.15) is 5.69 Å². The van der Waals surface area contributed by atoms with Gasteiger partial charge in [-0.1, -0.05) is 6.07 Å². The van der Waals surface area contributed by atoms with Crippen LogP contribution in [0.25, 0.3) is 0 Å². The Labute approximate surface area is 120 Å². The second kappa shape index (κ2) is 6.98. The van der Waals surface area contributed by atoms with Crippen molar-refractivity contribution in [1.29, 1.82) is 0 Å². The highest BCUT2D eigenvalue weighted by Crippen LogP contribution is 2.06. The third kappa shape index (κ3) is 4.56. The maximum Gasteiger partial charge on any atom is 0.315 e. The number of rotatable bonds is 6. The summed E-state index contributed by atoms with van der Waals surface area (Å²) in [6.07, 6.45) is 4.13. The molecule has 0 atom stereocenters. The molecule has 2 amide bonds. The highest BCUT2D eigenvalue weighted by Gasteiger charge is 2.08. The van der Waals surface area contributed by atoms with Crippen LogP contribution in [0.2, 0.25) is 0 Å². The standard InChI is InChI=1S/C12H14N6O3/c19-12(15-7-10-3-1-2-4-13-10)14-5-6-17-9-11(8-16-17)18(20)21/h1-4,8-9H,5-7H2,(H2,14,15,19). The van der Waals surface area contributed by atoms with Crippen LogP contribution in [-0.4, -0.2) is 32.3 Å². The predicted molar refractivity (Wildman–Crippen MR) is 73.4 cm³/mol. The molecular weight excluding hydrogens is 276 g/mol. The van der Waals surface area contributed by atoms with Gasteiger partial charge in [-0.15, -0.1) is 0 Å². The van der Waals surface area contributed by atoms with E-state index in [-0.39, 0.29) is 11.7 Å². The minimum atomic E-state index is -0.517. The number of carbonyl (C=O) groups is 1. The molecule has 2 aromatic rings. The number of urea groups is 1. The van der Waals surface area contributed by atoms with Crippen LogP contribution in [0.3, 0.4) is 0 Å². The van der Waals surface area contributed by atoms with E-state index in [4.69, 9.17) is 0 Å². The third-order valence-electron chi connectivity index (χ3n) is 2.61. The van der Waals surface area contributed by atoms with Crippen LogP contribution in [0.5, 0.6) is 0 Å². The Bertz CT molecular complexity index is 612. The zero-order valence-corrected chi connectivity index (χ0v) is 11.1. The minimum Gasteiger partial charge on any atom is -0.336 e. The van der Waals surface area contributed by atoms with Crippen LogP contribution in [-0.2, 0) is 13.1 Å². The molecule has 0 saturated carbocycles. The molecule has 21 heavy (non-hydrogen) atoms. The van der Waals surface area contributed by atoms with E-state index in [1.165, 1.54) is 17.1 Å².